The SMILES string of the molecule is CN(C)CCCOc1ccc(-c2nn(CC(=O)N(C)C)c3ncccc23)cc1.O=C(O)C=CC(=O)O. The van der Waals surface area contributed by atoms with Gasteiger partial charge >= 0.3 is 11.9 Å². The number of aliphatic carboxylic acids is 2. The van der Waals surface area contributed by atoms with Crippen molar-refractivity contribution in [3.63, 3.8) is 0 Å². The van der Waals surface area contributed by atoms with Gasteiger partial charge in [-0.1, -0.05) is 0 Å². The molecule has 1 aromatic carbocycles. The molecular formula is C25H31N5O6. The number of carbonyl (C=O) groups is 3. The molecule has 2 N–H and O–H groups in total. The van der Waals surface area contributed by atoms with Gasteiger partial charge < -0.3 is 24.7 Å². The molecule has 3 rings (SSSR count). The number of benzene rings is 1. The largest absolute Gasteiger partial charge is 0.494 e. The molecule has 36 heavy (non-hydrogen) atoms. The van der Waals surface area contributed by atoms with Crippen LogP contribution in [0.4, 0.5) is 0 Å². The molecule has 11 nitrogen and oxygen atoms in total. The van der Waals surface area contributed by atoms with Gasteiger partial charge in [0.25, 0.3) is 0 Å². The van der Waals surface area contributed by atoms with Gasteiger partial charge in [0.2, 0.25) is 5.91 Å². The van der Waals surface area contributed by atoms with Gasteiger partial charge in [0.15, 0.2) is 5.65 Å². The highest BCUT2D eigenvalue weighted by Crippen LogP contribution is 2.28. The second kappa shape index (κ2) is 13.6. The summed E-state index contributed by atoms with van der Waals surface area (Å²) in [5.74, 6) is -1.70. The summed E-state index contributed by atoms with van der Waals surface area (Å²) < 4.78 is 7.47. The highest BCUT2D eigenvalue weighted by molar-refractivity contribution is 5.92. The topological polar surface area (TPSA) is 138 Å². The zero-order chi connectivity index (χ0) is 26.7. The maximum absolute atomic E-state index is 12.1. The Hall–Kier alpha value is -4.25. The van der Waals surface area contributed by atoms with Crippen LogP contribution in [0.2, 0.25) is 0 Å². The van der Waals surface area contributed by atoms with Crippen molar-refractivity contribution >= 4 is 28.9 Å². The van der Waals surface area contributed by atoms with E-state index in [4.69, 9.17) is 14.9 Å². The Balaban J connectivity index is 0.000000493. The third kappa shape index (κ3) is 8.84. The molecular weight excluding hydrogens is 466 g/mol. The quantitative estimate of drug-likeness (QED) is 0.319. The first-order valence-corrected chi connectivity index (χ1v) is 11.1. The smallest absolute Gasteiger partial charge is 0.328 e. The number of ether oxygens (including phenoxy) is 1. The molecule has 3 aromatic rings. The standard InChI is InChI=1S/C21H27N5O2.C4H4O4/c1-24(2)13-6-14-28-17-10-8-16(9-11-17)20-18-7-5-12-22-21(18)26(23-20)15-19(27)25(3)4;5-3(6)1-2-4(7)8/h5,7-12H,6,13-15H2,1-4H3;1-2H,(H,5,6)(H,7,8). The number of nitrogens with zero attached hydrogens (tertiary/aromatic N) is 5. The summed E-state index contributed by atoms with van der Waals surface area (Å²) in [4.78, 5) is 39.4. The number of carbonyl (C=O) groups excluding carboxylic acids is 1. The van der Waals surface area contributed by atoms with Crippen LogP contribution in [0, 0.1) is 0 Å². The molecule has 2 aromatic heterocycles. The highest BCUT2D eigenvalue weighted by Gasteiger charge is 2.16. The fourth-order valence-electron chi connectivity index (χ4n) is 3.02. The summed E-state index contributed by atoms with van der Waals surface area (Å²) in [6, 6.07) is 11.8. The van der Waals surface area contributed by atoms with Gasteiger partial charge in [-0.25, -0.2) is 19.3 Å². The zero-order valence-corrected chi connectivity index (χ0v) is 20.8. The van der Waals surface area contributed by atoms with Gasteiger partial charge in [-0.2, -0.15) is 5.10 Å². The van der Waals surface area contributed by atoms with Crippen molar-refractivity contribution < 1.29 is 29.3 Å². The predicted molar refractivity (Wildman–Crippen MR) is 135 cm³/mol. The van der Waals surface area contributed by atoms with Gasteiger partial charge in [0.1, 0.15) is 18.0 Å². The Labute approximate surface area is 209 Å². The van der Waals surface area contributed by atoms with Crippen LogP contribution in [0.15, 0.2) is 54.7 Å². The number of rotatable bonds is 10. The molecule has 0 atom stereocenters. The molecule has 0 unspecified atom stereocenters. The lowest BCUT2D eigenvalue weighted by Crippen LogP contribution is -2.26. The van der Waals surface area contributed by atoms with E-state index in [1.165, 1.54) is 0 Å². The minimum absolute atomic E-state index is 0.0249. The summed E-state index contributed by atoms with van der Waals surface area (Å²) in [5.41, 5.74) is 2.49. The van der Waals surface area contributed by atoms with E-state index in [1.807, 2.05) is 36.4 Å². The molecule has 0 aliphatic rings. The number of aromatic nitrogens is 3. The Morgan fingerprint density at radius 3 is 2.19 bits per heavy atom. The predicted octanol–water partition coefficient (Wildman–Crippen LogP) is 2.23. The van der Waals surface area contributed by atoms with Crippen molar-refractivity contribution in [3.05, 3.63) is 54.7 Å². The average Bonchev–Trinajstić information content (AvgIpc) is 3.19. The zero-order valence-electron chi connectivity index (χ0n) is 20.8. The summed E-state index contributed by atoms with van der Waals surface area (Å²) in [6.07, 6.45) is 3.81. The monoisotopic (exact) mass is 497 g/mol. The van der Waals surface area contributed by atoms with Crippen LogP contribution < -0.4 is 4.74 Å². The molecule has 0 spiro atoms. The number of likely N-dealkylation sites (N-methyl/N-ethyl adjacent to an activating group) is 1. The molecule has 0 aliphatic carbocycles. The second-order valence-corrected chi connectivity index (χ2v) is 8.21. The van der Waals surface area contributed by atoms with Crippen LogP contribution in [0.1, 0.15) is 6.42 Å². The van der Waals surface area contributed by atoms with E-state index in [9.17, 15) is 14.4 Å². The molecule has 0 saturated heterocycles. The Morgan fingerprint density at radius 2 is 1.64 bits per heavy atom. The lowest BCUT2D eigenvalue weighted by Gasteiger charge is -2.10. The molecule has 0 aliphatic heterocycles. The molecule has 0 bridgehead atoms. The fraction of sp³-hybridized carbons (Fsp3) is 0.320. The second-order valence-electron chi connectivity index (χ2n) is 8.21. The van der Waals surface area contributed by atoms with Crippen LogP contribution >= 0.6 is 0 Å². The summed E-state index contributed by atoms with van der Waals surface area (Å²) in [7, 11) is 7.58. The first kappa shape index (κ1) is 28.0. The Kier molecular flexibility index (Phi) is 10.6. The summed E-state index contributed by atoms with van der Waals surface area (Å²) in [6.45, 7) is 1.85. The van der Waals surface area contributed by atoms with E-state index in [0.717, 1.165) is 35.4 Å². The molecule has 0 radical (unpaired) electrons. The number of hydrogen-bond acceptors (Lipinski definition) is 7. The van der Waals surface area contributed by atoms with Crippen molar-refractivity contribution in [2.45, 2.75) is 13.0 Å². The van der Waals surface area contributed by atoms with Crippen LogP contribution in [0.5, 0.6) is 5.75 Å². The third-order valence-electron chi connectivity index (χ3n) is 4.81. The first-order chi connectivity index (χ1) is 17.1. The molecule has 11 heteroatoms. The summed E-state index contributed by atoms with van der Waals surface area (Å²) >= 11 is 0. The van der Waals surface area contributed by atoms with Crippen LogP contribution in [-0.4, -0.2) is 94.0 Å². The number of carboxylic acid groups (broad SMARTS) is 2. The number of hydrogen-bond donors (Lipinski definition) is 2. The number of carboxylic acids is 2. The van der Waals surface area contributed by atoms with Crippen LogP contribution in [0.3, 0.4) is 0 Å². The lowest BCUT2D eigenvalue weighted by atomic mass is 10.1. The third-order valence-corrected chi connectivity index (χ3v) is 4.81. The Morgan fingerprint density at radius 1 is 1.00 bits per heavy atom. The van der Waals surface area contributed by atoms with Crippen molar-refractivity contribution in [2.24, 2.45) is 0 Å². The van der Waals surface area contributed by atoms with E-state index < -0.39 is 11.9 Å². The van der Waals surface area contributed by atoms with E-state index in [0.29, 0.717) is 24.4 Å². The first-order valence-electron chi connectivity index (χ1n) is 11.1. The van der Waals surface area contributed by atoms with E-state index in [-0.39, 0.29) is 12.5 Å². The van der Waals surface area contributed by atoms with Gasteiger partial charge in [0, 0.05) is 49.9 Å². The van der Waals surface area contributed by atoms with E-state index in [1.54, 1.807) is 29.9 Å². The molecule has 0 fully saturated rings. The van der Waals surface area contributed by atoms with Crippen molar-refractivity contribution in [2.75, 3.05) is 41.3 Å². The Bertz CT molecular complexity index is 1190. The lowest BCUT2D eigenvalue weighted by molar-refractivity contribution is -0.134. The maximum Gasteiger partial charge on any atom is 0.328 e. The molecule has 192 valence electrons. The van der Waals surface area contributed by atoms with Crippen molar-refractivity contribution in [1.82, 2.24) is 24.6 Å². The molecule has 2 heterocycles. The van der Waals surface area contributed by atoms with Crippen molar-refractivity contribution in [1.29, 1.82) is 0 Å². The normalized spacial score (nSPS) is 10.8. The van der Waals surface area contributed by atoms with Gasteiger partial charge in [0.05, 0.1) is 6.61 Å². The highest BCUT2D eigenvalue weighted by atomic mass is 16.5. The maximum atomic E-state index is 12.1. The van der Waals surface area contributed by atoms with Crippen molar-refractivity contribution in [3.8, 4) is 17.0 Å². The molecule has 0 saturated carbocycles. The molecule has 1 amide bonds. The minimum atomic E-state index is -1.26. The number of amides is 1. The number of pyridine rings is 1. The fourth-order valence-corrected chi connectivity index (χ4v) is 3.02. The van der Waals surface area contributed by atoms with Gasteiger partial charge in [-0.05, 0) is 56.9 Å². The minimum Gasteiger partial charge on any atom is -0.494 e. The van der Waals surface area contributed by atoms with Gasteiger partial charge in [-0.3, -0.25) is 4.79 Å². The van der Waals surface area contributed by atoms with Crippen LogP contribution in [0.25, 0.3) is 22.3 Å². The van der Waals surface area contributed by atoms with E-state index >= 15 is 0 Å². The van der Waals surface area contributed by atoms with E-state index in [2.05, 4.69) is 29.1 Å². The van der Waals surface area contributed by atoms with Crippen LogP contribution in [-0.2, 0) is 20.9 Å². The average molecular weight is 498 g/mol. The number of fused-ring (bicyclic) bond motifs is 1. The summed E-state index contributed by atoms with van der Waals surface area (Å²) in [5, 5.41) is 21.2. The van der Waals surface area contributed by atoms with Gasteiger partial charge in [-0.15, -0.1) is 0 Å².